The van der Waals surface area contributed by atoms with Gasteiger partial charge in [-0.2, -0.15) is 5.10 Å². The molecule has 4 nitrogen and oxygen atoms in total. The summed E-state index contributed by atoms with van der Waals surface area (Å²) in [4.78, 5) is 1.59. The first-order valence-corrected chi connectivity index (χ1v) is 6.56. The van der Waals surface area contributed by atoms with Crippen LogP contribution in [0.15, 0.2) is 5.16 Å². The van der Waals surface area contributed by atoms with Gasteiger partial charge in [0.05, 0.1) is 26.2 Å². The predicted octanol–water partition coefficient (Wildman–Crippen LogP) is 0.0611. The lowest BCUT2D eigenvalue weighted by molar-refractivity contribution is -0.897. The highest BCUT2D eigenvalue weighted by atomic mass is 32.1. The van der Waals surface area contributed by atoms with Crippen molar-refractivity contribution in [2.24, 2.45) is 0 Å². The van der Waals surface area contributed by atoms with Crippen molar-refractivity contribution in [3.05, 3.63) is 5.82 Å². The Morgan fingerprint density at radius 2 is 1.88 bits per heavy atom. The third-order valence-electron chi connectivity index (χ3n) is 2.96. The third kappa shape index (κ3) is 3.42. The Balaban J connectivity index is 2.60. The minimum absolute atomic E-state index is 0.634. The van der Waals surface area contributed by atoms with E-state index in [4.69, 9.17) is 12.6 Å². The molecular formula is C11H22N4S. The lowest BCUT2D eigenvalue weighted by Gasteiger charge is -2.18. The van der Waals surface area contributed by atoms with Gasteiger partial charge in [0, 0.05) is 11.6 Å². The minimum Gasteiger partial charge on any atom is -0.740 e. The molecule has 0 fully saturated rings. The first-order chi connectivity index (χ1) is 7.72. The van der Waals surface area contributed by atoms with Crippen LogP contribution in [-0.2, 0) is 25.6 Å². The second-order valence-electron chi connectivity index (χ2n) is 4.01. The molecule has 0 atom stereocenters. The Morgan fingerprint density at radius 3 is 2.44 bits per heavy atom. The number of aromatic nitrogens is 3. The van der Waals surface area contributed by atoms with Gasteiger partial charge in [0.25, 0.3) is 0 Å². The zero-order valence-electron chi connectivity index (χ0n) is 10.5. The van der Waals surface area contributed by atoms with Crippen molar-refractivity contribution in [1.29, 1.82) is 0 Å². The van der Waals surface area contributed by atoms with E-state index in [-0.39, 0.29) is 0 Å². The summed E-state index contributed by atoms with van der Waals surface area (Å²) < 4.78 is 2.09. The van der Waals surface area contributed by atoms with Crippen molar-refractivity contribution >= 4 is 12.6 Å². The fraction of sp³-hybridized carbons (Fsp3) is 0.818. The number of quaternary nitrogens is 1. The van der Waals surface area contributed by atoms with Crippen LogP contribution < -0.4 is 4.90 Å². The Hall–Kier alpha value is -0.680. The van der Waals surface area contributed by atoms with Crippen molar-refractivity contribution in [1.82, 2.24) is 14.8 Å². The molecule has 0 spiro atoms. The predicted molar refractivity (Wildman–Crippen MR) is 66.6 cm³/mol. The Morgan fingerprint density at radius 1 is 1.19 bits per heavy atom. The highest BCUT2D eigenvalue weighted by Crippen LogP contribution is 2.03. The summed E-state index contributed by atoms with van der Waals surface area (Å²) in [5, 5.41) is 8.75. The zero-order chi connectivity index (χ0) is 12.0. The van der Waals surface area contributed by atoms with Gasteiger partial charge in [0.1, 0.15) is 5.82 Å². The van der Waals surface area contributed by atoms with Gasteiger partial charge in [-0.05, 0) is 20.3 Å². The molecule has 92 valence electrons. The fourth-order valence-corrected chi connectivity index (χ4v) is 2.06. The maximum absolute atomic E-state index is 5.19. The molecule has 1 aromatic heterocycles. The molecule has 1 heterocycles. The number of likely N-dealkylation sites (N-methyl/N-ethyl adjacent to an activating group) is 1. The molecule has 0 saturated carbocycles. The van der Waals surface area contributed by atoms with Gasteiger partial charge < -0.3 is 22.1 Å². The zero-order valence-corrected chi connectivity index (χ0v) is 11.3. The second-order valence-corrected chi connectivity index (χ2v) is 4.37. The number of rotatable bonds is 7. The van der Waals surface area contributed by atoms with E-state index in [1.807, 2.05) is 0 Å². The molecule has 1 aromatic rings. The van der Waals surface area contributed by atoms with Gasteiger partial charge in [0.15, 0.2) is 0 Å². The number of aryl methyl sites for hydroxylation is 1. The molecule has 0 aromatic carbocycles. The van der Waals surface area contributed by atoms with Gasteiger partial charge in [-0.1, -0.05) is 6.92 Å². The van der Waals surface area contributed by atoms with Crippen LogP contribution in [0.3, 0.4) is 0 Å². The molecule has 0 aliphatic heterocycles. The molecule has 1 rings (SSSR count). The van der Waals surface area contributed by atoms with Gasteiger partial charge >= 0.3 is 0 Å². The van der Waals surface area contributed by atoms with E-state index in [9.17, 15) is 0 Å². The third-order valence-corrected chi connectivity index (χ3v) is 3.26. The van der Waals surface area contributed by atoms with Crippen molar-refractivity contribution in [2.75, 3.05) is 19.6 Å². The largest absolute Gasteiger partial charge is 0.740 e. The highest BCUT2D eigenvalue weighted by molar-refractivity contribution is 7.58. The maximum atomic E-state index is 5.19. The van der Waals surface area contributed by atoms with E-state index in [0.29, 0.717) is 5.16 Å². The SMILES string of the molecule is CCCc1nnc([S-])n1CC[NH+](CC)CC. The lowest BCUT2D eigenvalue weighted by Crippen LogP contribution is -3.11. The van der Waals surface area contributed by atoms with E-state index >= 15 is 0 Å². The molecule has 0 amide bonds. The summed E-state index contributed by atoms with van der Waals surface area (Å²) in [6.45, 7) is 10.9. The van der Waals surface area contributed by atoms with Crippen LogP contribution in [0.5, 0.6) is 0 Å². The van der Waals surface area contributed by atoms with E-state index in [1.54, 1.807) is 4.90 Å². The maximum Gasteiger partial charge on any atom is 0.131 e. The van der Waals surface area contributed by atoms with Crippen molar-refractivity contribution in [3.8, 4) is 0 Å². The molecule has 5 heteroatoms. The minimum atomic E-state index is 0.634. The van der Waals surface area contributed by atoms with Crippen molar-refractivity contribution in [3.63, 3.8) is 0 Å². The van der Waals surface area contributed by atoms with E-state index in [1.165, 1.54) is 0 Å². The molecule has 0 radical (unpaired) electrons. The molecule has 0 aliphatic rings. The molecular weight excluding hydrogens is 220 g/mol. The molecule has 0 bridgehead atoms. The summed E-state index contributed by atoms with van der Waals surface area (Å²) in [6.07, 6.45) is 2.06. The first kappa shape index (κ1) is 13.4. The Kier molecular flexibility index (Phi) is 5.69. The van der Waals surface area contributed by atoms with E-state index in [2.05, 4.69) is 35.5 Å². The van der Waals surface area contributed by atoms with Crippen LogP contribution in [0.2, 0.25) is 0 Å². The van der Waals surface area contributed by atoms with E-state index in [0.717, 1.165) is 44.8 Å². The van der Waals surface area contributed by atoms with Gasteiger partial charge in [-0.15, -0.1) is 5.10 Å². The molecule has 0 saturated heterocycles. The van der Waals surface area contributed by atoms with Crippen LogP contribution in [0.4, 0.5) is 0 Å². The Labute approximate surface area is 103 Å². The van der Waals surface area contributed by atoms with Crippen LogP contribution >= 0.6 is 0 Å². The summed E-state index contributed by atoms with van der Waals surface area (Å²) in [5.41, 5.74) is 0. The quantitative estimate of drug-likeness (QED) is 0.687. The number of nitrogens with one attached hydrogen (secondary N) is 1. The molecule has 0 unspecified atom stereocenters. The average molecular weight is 242 g/mol. The summed E-state index contributed by atoms with van der Waals surface area (Å²) in [6, 6.07) is 0. The normalized spacial score (nSPS) is 11.2. The number of nitrogens with zero attached hydrogens (tertiary/aromatic N) is 3. The molecule has 1 N–H and O–H groups in total. The topological polar surface area (TPSA) is 35.1 Å². The summed E-state index contributed by atoms with van der Waals surface area (Å²) >= 11 is 5.19. The molecule has 16 heavy (non-hydrogen) atoms. The van der Waals surface area contributed by atoms with Gasteiger partial charge in [0.2, 0.25) is 0 Å². The van der Waals surface area contributed by atoms with Crippen LogP contribution in [-0.4, -0.2) is 34.4 Å². The lowest BCUT2D eigenvalue weighted by atomic mass is 10.3. The second kappa shape index (κ2) is 6.81. The van der Waals surface area contributed by atoms with Crippen LogP contribution in [0.1, 0.15) is 33.0 Å². The summed E-state index contributed by atoms with van der Waals surface area (Å²) in [7, 11) is 0. The fourth-order valence-electron chi connectivity index (χ4n) is 1.83. The van der Waals surface area contributed by atoms with Crippen LogP contribution in [0.25, 0.3) is 0 Å². The van der Waals surface area contributed by atoms with Crippen LogP contribution in [0, 0.1) is 0 Å². The van der Waals surface area contributed by atoms with Crippen molar-refractivity contribution in [2.45, 2.75) is 45.3 Å². The van der Waals surface area contributed by atoms with E-state index < -0.39 is 0 Å². The average Bonchev–Trinajstić information content (AvgIpc) is 2.63. The number of hydrogen-bond donors (Lipinski definition) is 1. The Bertz CT molecular complexity index is 307. The smallest absolute Gasteiger partial charge is 0.131 e. The van der Waals surface area contributed by atoms with Gasteiger partial charge in [-0.25, -0.2) is 0 Å². The monoisotopic (exact) mass is 242 g/mol. The van der Waals surface area contributed by atoms with Crippen molar-refractivity contribution < 1.29 is 4.90 Å². The first-order valence-electron chi connectivity index (χ1n) is 6.15. The number of hydrogen-bond acceptors (Lipinski definition) is 3. The van der Waals surface area contributed by atoms with Gasteiger partial charge in [-0.3, -0.25) is 0 Å². The highest BCUT2D eigenvalue weighted by Gasteiger charge is 2.07. The molecule has 0 aliphatic carbocycles. The summed E-state index contributed by atoms with van der Waals surface area (Å²) in [5.74, 6) is 1.04. The standard InChI is InChI=1S/C11H22N4S/c1-4-7-10-12-13-11(16)15(10)9-8-14(5-2)6-3/h4-9H2,1-3H3,(H,13,16).